The van der Waals surface area contributed by atoms with Crippen LogP contribution in [0.15, 0.2) is 36.9 Å². The number of pyridine rings is 1. The molecule has 13 nitrogen and oxygen atoms in total. The van der Waals surface area contributed by atoms with Crippen LogP contribution in [0.3, 0.4) is 0 Å². The van der Waals surface area contributed by atoms with E-state index in [0.29, 0.717) is 36.1 Å². The molecule has 38 heavy (non-hydrogen) atoms. The van der Waals surface area contributed by atoms with E-state index >= 15 is 0 Å². The molecule has 1 saturated heterocycles. The molecule has 1 aliphatic heterocycles. The van der Waals surface area contributed by atoms with E-state index in [9.17, 15) is 13.2 Å². The summed E-state index contributed by atoms with van der Waals surface area (Å²) in [5.74, 6) is 2.26. The topological polar surface area (TPSA) is 144 Å². The standard InChI is InChI=1S/C24H30N10O3S/c1-6-38(36,37)33-14-16(10-27-33)22-25-8-7-20(29-22)28-21-9-19-18(11-26-21)23(30-34(19)15(2)3)32-12-17(13-32)24(35)31(4)5/h7-11,14-15,17H,6,12-13H2,1-5H3,(H,25,26,28,29). The number of hydrogen-bond donors (Lipinski definition) is 1. The van der Waals surface area contributed by atoms with Crippen molar-refractivity contribution in [3.63, 3.8) is 0 Å². The second-order valence-corrected chi connectivity index (χ2v) is 11.8. The summed E-state index contributed by atoms with van der Waals surface area (Å²) in [6, 6.07) is 3.74. The van der Waals surface area contributed by atoms with Crippen molar-refractivity contribution in [3.8, 4) is 11.4 Å². The van der Waals surface area contributed by atoms with E-state index in [4.69, 9.17) is 5.10 Å². The predicted octanol–water partition coefficient (Wildman–Crippen LogP) is 2.13. The molecule has 0 bridgehead atoms. The van der Waals surface area contributed by atoms with Gasteiger partial charge in [0.25, 0.3) is 10.0 Å². The van der Waals surface area contributed by atoms with Crippen LogP contribution in [-0.4, -0.2) is 86.1 Å². The highest BCUT2D eigenvalue weighted by Crippen LogP contribution is 2.34. The Morgan fingerprint density at radius 2 is 1.95 bits per heavy atom. The van der Waals surface area contributed by atoms with Gasteiger partial charge in [0.15, 0.2) is 11.6 Å². The number of aromatic nitrogens is 7. The van der Waals surface area contributed by atoms with E-state index < -0.39 is 10.0 Å². The van der Waals surface area contributed by atoms with Gasteiger partial charge in [0.05, 0.1) is 40.5 Å². The van der Waals surface area contributed by atoms with Crippen molar-refractivity contribution in [2.24, 2.45) is 5.92 Å². The predicted molar refractivity (Wildman–Crippen MR) is 144 cm³/mol. The molecule has 4 aromatic heterocycles. The largest absolute Gasteiger partial charge is 0.353 e. The normalized spacial score (nSPS) is 14.2. The van der Waals surface area contributed by atoms with Gasteiger partial charge >= 0.3 is 0 Å². The van der Waals surface area contributed by atoms with Crippen LogP contribution >= 0.6 is 0 Å². The molecule has 0 saturated carbocycles. The van der Waals surface area contributed by atoms with Gasteiger partial charge in [-0.15, -0.1) is 0 Å². The highest BCUT2D eigenvalue weighted by atomic mass is 32.2. The van der Waals surface area contributed by atoms with Crippen LogP contribution in [0.4, 0.5) is 17.5 Å². The third kappa shape index (κ3) is 4.66. The molecule has 14 heteroatoms. The first-order valence-corrected chi connectivity index (χ1v) is 13.9. The Bertz CT molecular complexity index is 1600. The lowest BCUT2D eigenvalue weighted by molar-refractivity contribution is -0.133. The Morgan fingerprint density at radius 3 is 2.63 bits per heavy atom. The molecule has 1 fully saturated rings. The molecule has 1 N–H and O–H groups in total. The molecule has 5 heterocycles. The van der Waals surface area contributed by atoms with Gasteiger partial charge in [-0.2, -0.15) is 14.3 Å². The van der Waals surface area contributed by atoms with Crippen molar-refractivity contribution in [2.45, 2.75) is 26.8 Å². The number of carbonyl (C=O) groups is 1. The van der Waals surface area contributed by atoms with Crippen LogP contribution in [0.25, 0.3) is 22.3 Å². The number of nitrogens with one attached hydrogen (secondary N) is 1. The first kappa shape index (κ1) is 25.6. The van der Waals surface area contributed by atoms with E-state index in [1.807, 2.05) is 10.7 Å². The van der Waals surface area contributed by atoms with Crippen molar-refractivity contribution in [1.82, 2.24) is 38.8 Å². The number of anilines is 3. The maximum absolute atomic E-state index is 12.3. The molecule has 4 aromatic rings. The van der Waals surface area contributed by atoms with Crippen molar-refractivity contribution in [2.75, 3.05) is 43.2 Å². The molecule has 1 aliphatic rings. The van der Waals surface area contributed by atoms with E-state index in [-0.39, 0.29) is 23.6 Å². The maximum Gasteiger partial charge on any atom is 0.253 e. The molecule has 0 aliphatic carbocycles. The summed E-state index contributed by atoms with van der Waals surface area (Å²) in [5, 5.41) is 12.9. The van der Waals surface area contributed by atoms with Crippen molar-refractivity contribution >= 4 is 44.3 Å². The smallest absolute Gasteiger partial charge is 0.253 e. The lowest BCUT2D eigenvalue weighted by Gasteiger charge is -2.39. The average Bonchev–Trinajstić information content (AvgIpc) is 3.50. The fraction of sp³-hybridized carbons (Fsp3) is 0.417. The number of carbonyl (C=O) groups excluding carboxylic acids is 1. The van der Waals surface area contributed by atoms with Crippen LogP contribution in [0.1, 0.15) is 26.8 Å². The monoisotopic (exact) mass is 538 g/mol. The van der Waals surface area contributed by atoms with Crippen molar-refractivity contribution in [1.29, 1.82) is 0 Å². The molecule has 0 radical (unpaired) electrons. The van der Waals surface area contributed by atoms with Crippen LogP contribution < -0.4 is 10.2 Å². The summed E-state index contributed by atoms with van der Waals surface area (Å²) in [5.41, 5.74) is 1.40. The molecule has 200 valence electrons. The zero-order valence-corrected chi connectivity index (χ0v) is 22.7. The van der Waals surface area contributed by atoms with Gasteiger partial charge in [-0.1, -0.05) is 0 Å². The lowest BCUT2D eigenvalue weighted by Crippen LogP contribution is -2.53. The molecule has 1 amide bonds. The van der Waals surface area contributed by atoms with Gasteiger partial charge in [-0.3, -0.25) is 9.48 Å². The van der Waals surface area contributed by atoms with Gasteiger partial charge < -0.3 is 15.1 Å². The second kappa shape index (κ2) is 9.67. The number of rotatable bonds is 8. The minimum absolute atomic E-state index is 0.0284. The van der Waals surface area contributed by atoms with E-state index in [1.54, 1.807) is 44.4 Å². The van der Waals surface area contributed by atoms with Gasteiger partial charge in [-0.05, 0) is 26.8 Å². The average molecular weight is 539 g/mol. The summed E-state index contributed by atoms with van der Waals surface area (Å²) in [4.78, 5) is 29.4. The first-order chi connectivity index (χ1) is 18.1. The zero-order valence-electron chi connectivity index (χ0n) is 21.9. The summed E-state index contributed by atoms with van der Waals surface area (Å²) >= 11 is 0. The first-order valence-electron chi connectivity index (χ1n) is 12.3. The molecular formula is C24H30N10O3S. The van der Waals surface area contributed by atoms with Crippen LogP contribution in [0.2, 0.25) is 0 Å². The number of fused-ring (bicyclic) bond motifs is 1. The third-order valence-corrected chi connectivity index (χ3v) is 7.91. The Morgan fingerprint density at radius 1 is 1.18 bits per heavy atom. The fourth-order valence-electron chi connectivity index (χ4n) is 4.29. The summed E-state index contributed by atoms with van der Waals surface area (Å²) < 4.78 is 27.1. The van der Waals surface area contributed by atoms with Gasteiger partial charge in [0.1, 0.15) is 11.6 Å². The van der Waals surface area contributed by atoms with E-state index in [0.717, 1.165) is 20.8 Å². The van der Waals surface area contributed by atoms with Crippen molar-refractivity contribution in [3.05, 3.63) is 36.9 Å². The maximum atomic E-state index is 12.3. The quantitative estimate of drug-likeness (QED) is 0.354. The molecule has 0 aromatic carbocycles. The Labute approximate surface area is 220 Å². The van der Waals surface area contributed by atoms with Crippen LogP contribution in [0, 0.1) is 5.92 Å². The highest BCUT2D eigenvalue weighted by Gasteiger charge is 2.36. The minimum Gasteiger partial charge on any atom is -0.353 e. The Hall–Kier alpha value is -4.07. The zero-order chi connectivity index (χ0) is 27.2. The van der Waals surface area contributed by atoms with Crippen molar-refractivity contribution < 1.29 is 13.2 Å². The molecule has 0 unspecified atom stereocenters. The van der Waals surface area contributed by atoms with Gasteiger partial charge in [-0.25, -0.2) is 23.4 Å². The highest BCUT2D eigenvalue weighted by molar-refractivity contribution is 7.89. The molecule has 5 rings (SSSR count). The molecular weight excluding hydrogens is 508 g/mol. The van der Waals surface area contributed by atoms with E-state index in [1.165, 1.54) is 12.4 Å². The fourth-order valence-corrected chi connectivity index (χ4v) is 5.02. The van der Waals surface area contributed by atoms with Crippen LogP contribution in [0.5, 0.6) is 0 Å². The summed E-state index contributed by atoms with van der Waals surface area (Å²) in [6.07, 6.45) is 6.19. The lowest BCUT2D eigenvalue weighted by atomic mass is 9.98. The number of amides is 1. The third-order valence-electron chi connectivity index (χ3n) is 6.41. The van der Waals surface area contributed by atoms with Crippen LogP contribution in [-0.2, 0) is 14.8 Å². The Kier molecular flexibility index (Phi) is 6.51. The second-order valence-electron chi connectivity index (χ2n) is 9.68. The summed E-state index contributed by atoms with van der Waals surface area (Å²) in [7, 11) is 0.0537. The minimum atomic E-state index is -3.50. The van der Waals surface area contributed by atoms with Gasteiger partial charge in [0, 0.05) is 51.7 Å². The van der Waals surface area contributed by atoms with E-state index in [2.05, 4.69) is 44.1 Å². The Balaban J connectivity index is 1.40. The summed E-state index contributed by atoms with van der Waals surface area (Å²) in [6.45, 7) is 6.94. The number of nitrogens with zero attached hydrogens (tertiary/aromatic N) is 9. The molecule has 0 atom stereocenters. The molecule has 0 spiro atoms. The van der Waals surface area contributed by atoms with Gasteiger partial charge in [0.2, 0.25) is 5.91 Å². The SMILES string of the molecule is CCS(=O)(=O)n1cc(-c2nccc(Nc3cc4c(cn3)c(N3CC(C(=O)N(C)C)C3)nn4C(C)C)n2)cn1. The number of hydrogen-bond acceptors (Lipinski definition) is 10.